The Morgan fingerprint density at radius 3 is 2.95 bits per heavy atom. The number of hydrogen-bond donors (Lipinski definition) is 0. The second kappa shape index (κ2) is 5.52. The van der Waals surface area contributed by atoms with Crippen LogP contribution in [0.2, 0.25) is 0 Å². The summed E-state index contributed by atoms with van der Waals surface area (Å²) in [5, 5.41) is 0. The van der Waals surface area contributed by atoms with Gasteiger partial charge in [-0.05, 0) is 19.1 Å². The fourth-order valence-corrected chi connectivity index (χ4v) is 2.58. The summed E-state index contributed by atoms with van der Waals surface area (Å²) in [6.45, 7) is 3.10. The number of ether oxygens (including phenoxy) is 1. The van der Waals surface area contributed by atoms with Crippen molar-refractivity contribution < 1.29 is 9.53 Å². The highest BCUT2D eigenvalue weighted by molar-refractivity contribution is 5.97. The summed E-state index contributed by atoms with van der Waals surface area (Å²) in [5.41, 5.74) is 2.66. The van der Waals surface area contributed by atoms with Crippen molar-refractivity contribution in [2.75, 3.05) is 13.7 Å². The largest absolute Gasteiger partial charge is 0.496 e. The first kappa shape index (κ1) is 13.5. The predicted molar refractivity (Wildman–Crippen MR) is 78.2 cm³/mol. The third-order valence-electron chi connectivity index (χ3n) is 3.68. The van der Waals surface area contributed by atoms with Crippen molar-refractivity contribution in [2.45, 2.75) is 19.9 Å². The zero-order valence-electron chi connectivity index (χ0n) is 12.2. The van der Waals surface area contributed by atoms with Crippen LogP contribution >= 0.6 is 0 Å². The lowest BCUT2D eigenvalue weighted by Gasteiger charge is -2.28. The van der Waals surface area contributed by atoms with E-state index in [0.29, 0.717) is 24.4 Å². The molecular weight excluding hydrogens is 266 g/mol. The lowest BCUT2D eigenvalue weighted by Crippen LogP contribution is -2.36. The number of aromatic nitrogens is 2. The molecule has 0 N–H and O–H groups in total. The highest BCUT2D eigenvalue weighted by atomic mass is 16.5. The summed E-state index contributed by atoms with van der Waals surface area (Å²) in [5.74, 6) is 1.37. The lowest BCUT2D eigenvalue weighted by molar-refractivity contribution is 0.0730. The second-order valence-corrected chi connectivity index (χ2v) is 5.07. The van der Waals surface area contributed by atoms with Crippen molar-refractivity contribution >= 4 is 5.91 Å². The van der Waals surface area contributed by atoms with Crippen LogP contribution in [-0.2, 0) is 13.0 Å². The predicted octanol–water partition coefficient (Wildman–Crippen LogP) is 1.99. The topological polar surface area (TPSA) is 55.3 Å². The van der Waals surface area contributed by atoms with Crippen LogP contribution in [0.15, 0.2) is 30.5 Å². The van der Waals surface area contributed by atoms with Gasteiger partial charge < -0.3 is 9.64 Å². The van der Waals surface area contributed by atoms with Gasteiger partial charge in [-0.3, -0.25) is 4.79 Å². The average Bonchev–Trinajstić information content (AvgIpc) is 2.53. The molecule has 0 atom stereocenters. The molecule has 1 amide bonds. The summed E-state index contributed by atoms with van der Waals surface area (Å²) in [6.07, 6.45) is 2.58. The summed E-state index contributed by atoms with van der Waals surface area (Å²) < 4.78 is 5.27. The summed E-state index contributed by atoms with van der Waals surface area (Å²) in [6, 6.07) is 7.30. The minimum Gasteiger partial charge on any atom is -0.496 e. The molecule has 1 aromatic heterocycles. The molecule has 0 saturated heterocycles. The molecule has 0 fully saturated rings. The zero-order valence-corrected chi connectivity index (χ0v) is 12.2. The van der Waals surface area contributed by atoms with E-state index in [4.69, 9.17) is 4.74 Å². The van der Waals surface area contributed by atoms with Crippen molar-refractivity contribution in [1.29, 1.82) is 0 Å². The van der Waals surface area contributed by atoms with Gasteiger partial charge in [0.25, 0.3) is 5.91 Å². The standard InChI is InChI=1S/C16H17N3O2/c1-11-17-9-12-10-19(8-7-14(12)18-11)16(20)13-5-3-4-6-15(13)21-2/h3-6,9H,7-8,10H2,1-2H3. The van der Waals surface area contributed by atoms with E-state index in [1.54, 1.807) is 19.2 Å². The minimum atomic E-state index is -0.0151. The van der Waals surface area contributed by atoms with Crippen molar-refractivity contribution in [2.24, 2.45) is 0 Å². The van der Waals surface area contributed by atoms with Crippen LogP contribution in [0.5, 0.6) is 5.75 Å². The molecular formula is C16H17N3O2. The zero-order chi connectivity index (χ0) is 14.8. The number of benzene rings is 1. The summed E-state index contributed by atoms with van der Waals surface area (Å²) in [4.78, 5) is 23.1. The Morgan fingerprint density at radius 1 is 1.33 bits per heavy atom. The molecule has 1 aliphatic heterocycles. The Hall–Kier alpha value is -2.43. The van der Waals surface area contributed by atoms with Crippen LogP contribution in [0.1, 0.15) is 27.4 Å². The van der Waals surface area contributed by atoms with Crippen LogP contribution in [0.25, 0.3) is 0 Å². The number of methoxy groups -OCH3 is 1. The number of hydrogen-bond acceptors (Lipinski definition) is 4. The van der Waals surface area contributed by atoms with Crippen LogP contribution in [0.3, 0.4) is 0 Å². The number of fused-ring (bicyclic) bond motifs is 1. The molecule has 1 aliphatic rings. The van der Waals surface area contributed by atoms with Gasteiger partial charge in [-0.1, -0.05) is 12.1 Å². The van der Waals surface area contributed by atoms with Crippen molar-refractivity contribution in [3.05, 3.63) is 53.1 Å². The number of aryl methyl sites for hydroxylation is 1. The number of nitrogens with zero attached hydrogens (tertiary/aromatic N) is 3. The van der Waals surface area contributed by atoms with Gasteiger partial charge >= 0.3 is 0 Å². The Morgan fingerprint density at radius 2 is 2.14 bits per heavy atom. The molecule has 2 heterocycles. The Bertz CT molecular complexity index is 685. The van der Waals surface area contributed by atoms with Gasteiger partial charge in [-0.15, -0.1) is 0 Å². The number of carbonyl (C=O) groups is 1. The monoisotopic (exact) mass is 283 g/mol. The van der Waals surface area contributed by atoms with Crippen molar-refractivity contribution in [3.63, 3.8) is 0 Å². The molecule has 0 radical (unpaired) electrons. The number of amides is 1. The van der Waals surface area contributed by atoms with Gasteiger partial charge in [0.1, 0.15) is 11.6 Å². The Balaban J connectivity index is 1.85. The molecule has 2 aromatic rings. The second-order valence-electron chi connectivity index (χ2n) is 5.07. The van der Waals surface area contributed by atoms with Gasteiger partial charge in [-0.25, -0.2) is 9.97 Å². The smallest absolute Gasteiger partial charge is 0.257 e. The molecule has 0 bridgehead atoms. The first-order valence-corrected chi connectivity index (χ1v) is 6.92. The molecule has 5 nitrogen and oxygen atoms in total. The fourth-order valence-electron chi connectivity index (χ4n) is 2.58. The molecule has 1 aromatic carbocycles. The van der Waals surface area contributed by atoms with Crippen LogP contribution in [0, 0.1) is 6.92 Å². The van der Waals surface area contributed by atoms with Gasteiger partial charge in [0, 0.05) is 31.3 Å². The van der Waals surface area contributed by atoms with Gasteiger partial charge in [-0.2, -0.15) is 0 Å². The van der Waals surface area contributed by atoms with Crippen LogP contribution in [0.4, 0.5) is 0 Å². The SMILES string of the molecule is COc1ccccc1C(=O)N1CCc2nc(C)ncc2C1. The van der Waals surface area contributed by atoms with Crippen molar-refractivity contribution in [3.8, 4) is 5.75 Å². The molecule has 108 valence electrons. The van der Waals surface area contributed by atoms with E-state index in [9.17, 15) is 4.79 Å². The van der Waals surface area contributed by atoms with Gasteiger partial charge in [0.15, 0.2) is 0 Å². The third kappa shape index (κ3) is 2.59. The van der Waals surface area contributed by atoms with E-state index < -0.39 is 0 Å². The highest BCUT2D eigenvalue weighted by Crippen LogP contribution is 2.23. The van der Waals surface area contributed by atoms with Crippen LogP contribution in [-0.4, -0.2) is 34.4 Å². The molecule has 21 heavy (non-hydrogen) atoms. The normalized spacial score (nSPS) is 13.7. The molecule has 0 spiro atoms. The Kier molecular flexibility index (Phi) is 3.56. The first-order valence-electron chi connectivity index (χ1n) is 6.92. The highest BCUT2D eigenvalue weighted by Gasteiger charge is 2.24. The van der Waals surface area contributed by atoms with E-state index >= 15 is 0 Å². The first-order chi connectivity index (χ1) is 10.2. The molecule has 5 heteroatoms. The number of carbonyl (C=O) groups excluding carboxylic acids is 1. The quantitative estimate of drug-likeness (QED) is 0.846. The molecule has 0 unspecified atom stereocenters. The van der Waals surface area contributed by atoms with Gasteiger partial charge in [0.05, 0.1) is 18.4 Å². The van der Waals surface area contributed by atoms with Crippen LogP contribution < -0.4 is 4.74 Å². The maximum absolute atomic E-state index is 12.7. The van der Waals surface area contributed by atoms with E-state index in [1.165, 1.54) is 0 Å². The van der Waals surface area contributed by atoms with E-state index in [-0.39, 0.29) is 5.91 Å². The third-order valence-corrected chi connectivity index (χ3v) is 3.68. The average molecular weight is 283 g/mol. The molecule has 0 saturated carbocycles. The van der Waals surface area contributed by atoms with E-state index in [0.717, 1.165) is 23.5 Å². The summed E-state index contributed by atoms with van der Waals surface area (Å²) >= 11 is 0. The lowest BCUT2D eigenvalue weighted by atomic mass is 10.1. The van der Waals surface area contributed by atoms with Crippen molar-refractivity contribution in [1.82, 2.24) is 14.9 Å². The number of para-hydroxylation sites is 1. The summed E-state index contributed by atoms with van der Waals surface area (Å²) in [7, 11) is 1.58. The molecule has 3 rings (SSSR count). The van der Waals surface area contributed by atoms with E-state index in [2.05, 4.69) is 9.97 Å². The van der Waals surface area contributed by atoms with Gasteiger partial charge in [0.2, 0.25) is 0 Å². The fraction of sp³-hybridized carbons (Fsp3) is 0.312. The maximum Gasteiger partial charge on any atom is 0.257 e. The minimum absolute atomic E-state index is 0.0151. The molecule has 0 aliphatic carbocycles. The van der Waals surface area contributed by atoms with E-state index in [1.807, 2.05) is 30.2 Å². The maximum atomic E-state index is 12.7. The number of rotatable bonds is 2. The Labute approximate surface area is 123 Å².